The van der Waals surface area contributed by atoms with Gasteiger partial charge in [0, 0.05) is 6.54 Å². The smallest absolute Gasteiger partial charge is 0.246 e. The van der Waals surface area contributed by atoms with Crippen molar-refractivity contribution >= 4 is 22.6 Å². The zero-order valence-electron chi connectivity index (χ0n) is 17.0. The topological polar surface area (TPSA) is 49.4 Å². The Morgan fingerprint density at radius 2 is 1.63 bits per heavy atom. The van der Waals surface area contributed by atoms with Crippen LogP contribution in [0.2, 0.25) is 0 Å². The summed E-state index contributed by atoms with van der Waals surface area (Å²) in [6, 6.07) is 24.5. The molecule has 1 heterocycles. The number of carbonyl (C=O) groups is 2. The van der Waals surface area contributed by atoms with E-state index < -0.39 is 5.54 Å². The number of nitrogens with one attached hydrogen (secondary N) is 1. The van der Waals surface area contributed by atoms with Crippen molar-refractivity contribution in [3.63, 3.8) is 0 Å². The maximum absolute atomic E-state index is 13.5. The summed E-state index contributed by atoms with van der Waals surface area (Å²) in [5.74, 6) is 0.0768. The van der Waals surface area contributed by atoms with Crippen molar-refractivity contribution < 1.29 is 9.59 Å². The number of carbonyl (C=O) groups excluding carboxylic acids is 2. The molecule has 1 saturated carbocycles. The average Bonchev–Trinajstić information content (AvgIpc) is 3.26. The number of hydrogen-bond acceptors (Lipinski definition) is 2. The van der Waals surface area contributed by atoms with E-state index in [-0.39, 0.29) is 17.9 Å². The fourth-order valence-corrected chi connectivity index (χ4v) is 5.22. The van der Waals surface area contributed by atoms with E-state index in [1.165, 1.54) is 5.39 Å². The quantitative estimate of drug-likeness (QED) is 0.631. The third-order valence-corrected chi connectivity index (χ3v) is 6.77. The summed E-state index contributed by atoms with van der Waals surface area (Å²) in [6.07, 6.45) is 3.93. The molecule has 4 heteroatoms. The Bertz CT molecular complexity index is 1080. The lowest BCUT2D eigenvalue weighted by Gasteiger charge is -2.51. The van der Waals surface area contributed by atoms with Gasteiger partial charge in [-0.3, -0.25) is 9.59 Å². The van der Waals surface area contributed by atoms with Gasteiger partial charge in [0.05, 0.1) is 12.5 Å². The largest absolute Gasteiger partial charge is 0.350 e. The Kier molecular flexibility index (Phi) is 4.78. The molecule has 0 spiro atoms. The van der Waals surface area contributed by atoms with Crippen LogP contribution < -0.4 is 5.32 Å². The minimum Gasteiger partial charge on any atom is -0.350 e. The lowest BCUT2D eigenvalue weighted by Crippen LogP contribution is -2.65. The van der Waals surface area contributed by atoms with Crippen LogP contribution in [0.1, 0.15) is 49.3 Å². The van der Waals surface area contributed by atoms with E-state index in [4.69, 9.17) is 0 Å². The molecule has 3 aromatic rings. The molecular formula is C26H26N2O2. The van der Waals surface area contributed by atoms with E-state index in [1.807, 2.05) is 41.3 Å². The molecule has 152 valence electrons. The highest BCUT2D eigenvalue weighted by Crippen LogP contribution is 2.47. The summed E-state index contributed by atoms with van der Waals surface area (Å²) in [6.45, 7) is 0.472. The number of fused-ring (bicyclic) bond motifs is 1. The van der Waals surface area contributed by atoms with Gasteiger partial charge in [0.2, 0.25) is 11.8 Å². The maximum Gasteiger partial charge on any atom is 0.246 e. The molecule has 1 saturated heterocycles. The first-order chi connectivity index (χ1) is 14.7. The summed E-state index contributed by atoms with van der Waals surface area (Å²) >= 11 is 0. The molecule has 1 N–H and O–H groups in total. The summed E-state index contributed by atoms with van der Waals surface area (Å²) in [7, 11) is 0. The molecule has 0 aromatic heterocycles. The second kappa shape index (κ2) is 7.60. The SMILES string of the molecule is O=C1CC(c2ccccc2)N1C1(C(=O)NCc2cccc3ccccc23)CCCC1. The average molecular weight is 399 g/mol. The molecule has 1 aliphatic carbocycles. The van der Waals surface area contributed by atoms with Crippen LogP contribution >= 0.6 is 0 Å². The lowest BCUT2D eigenvalue weighted by molar-refractivity contribution is -0.165. The first-order valence-corrected chi connectivity index (χ1v) is 10.8. The van der Waals surface area contributed by atoms with E-state index in [1.54, 1.807) is 0 Å². The number of likely N-dealkylation sites (tertiary alicyclic amines) is 1. The van der Waals surface area contributed by atoms with Crippen molar-refractivity contribution in [2.75, 3.05) is 0 Å². The van der Waals surface area contributed by atoms with Crippen LogP contribution in [0.15, 0.2) is 72.8 Å². The molecule has 5 rings (SSSR count). The molecule has 2 amide bonds. The molecule has 1 aliphatic heterocycles. The molecule has 2 aliphatic rings. The second-order valence-corrected chi connectivity index (χ2v) is 8.45. The predicted molar refractivity (Wildman–Crippen MR) is 118 cm³/mol. The fraction of sp³-hybridized carbons (Fsp3) is 0.308. The summed E-state index contributed by atoms with van der Waals surface area (Å²) < 4.78 is 0. The van der Waals surface area contributed by atoms with Crippen molar-refractivity contribution in [2.24, 2.45) is 0 Å². The molecule has 2 fully saturated rings. The zero-order valence-corrected chi connectivity index (χ0v) is 17.0. The first-order valence-electron chi connectivity index (χ1n) is 10.8. The van der Waals surface area contributed by atoms with Crippen molar-refractivity contribution in [1.29, 1.82) is 0 Å². The van der Waals surface area contributed by atoms with E-state index >= 15 is 0 Å². The minimum atomic E-state index is -0.722. The van der Waals surface area contributed by atoms with Crippen molar-refractivity contribution in [2.45, 2.75) is 50.2 Å². The zero-order chi connectivity index (χ0) is 20.6. The molecule has 4 nitrogen and oxygen atoms in total. The van der Waals surface area contributed by atoms with Gasteiger partial charge in [-0.05, 0) is 34.7 Å². The summed E-state index contributed by atoms with van der Waals surface area (Å²) in [5.41, 5.74) is 1.50. The Morgan fingerprint density at radius 1 is 0.933 bits per heavy atom. The number of benzene rings is 3. The summed E-state index contributed by atoms with van der Waals surface area (Å²) in [4.78, 5) is 28.1. The van der Waals surface area contributed by atoms with Crippen LogP contribution in [0, 0.1) is 0 Å². The van der Waals surface area contributed by atoms with Crippen molar-refractivity contribution in [3.05, 3.63) is 83.9 Å². The van der Waals surface area contributed by atoms with Gasteiger partial charge in [0.25, 0.3) is 0 Å². The van der Waals surface area contributed by atoms with Gasteiger partial charge in [0.15, 0.2) is 0 Å². The predicted octanol–water partition coefficient (Wildman–Crippen LogP) is 4.74. The monoisotopic (exact) mass is 398 g/mol. The molecule has 30 heavy (non-hydrogen) atoms. The molecule has 0 radical (unpaired) electrons. The molecular weight excluding hydrogens is 372 g/mol. The standard InChI is InChI=1S/C26H26N2O2/c29-24-17-23(20-10-2-1-3-11-20)28(24)26(15-6-7-16-26)25(30)27-18-21-13-8-12-19-9-4-5-14-22(19)21/h1-5,8-14,23H,6-7,15-18H2,(H,27,30). The third-order valence-electron chi connectivity index (χ3n) is 6.77. The van der Waals surface area contributed by atoms with Gasteiger partial charge in [-0.25, -0.2) is 0 Å². The van der Waals surface area contributed by atoms with Crippen molar-refractivity contribution in [3.8, 4) is 0 Å². The number of nitrogens with zero attached hydrogens (tertiary/aromatic N) is 1. The number of hydrogen-bond donors (Lipinski definition) is 1. The molecule has 1 unspecified atom stereocenters. The van der Waals surface area contributed by atoms with E-state index in [9.17, 15) is 9.59 Å². The van der Waals surface area contributed by atoms with Crippen LogP contribution in [0.5, 0.6) is 0 Å². The number of amides is 2. The molecule has 1 atom stereocenters. The van der Waals surface area contributed by atoms with E-state index in [2.05, 4.69) is 41.7 Å². The normalized spacial score (nSPS) is 20.2. The maximum atomic E-state index is 13.5. The molecule has 3 aromatic carbocycles. The van der Waals surface area contributed by atoms with Crippen LogP contribution in [0.3, 0.4) is 0 Å². The van der Waals surface area contributed by atoms with Crippen LogP contribution in [-0.4, -0.2) is 22.3 Å². The van der Waals surface area contributed by atoms with Gasteiger partial charge in [0.1, 0.15) is 5.54 Å². The van der Waals surface area contributed by atoms with Gasteiger partial charge < -0.3 is 10.2 Å². The van der Waals surface area contributed by atoms with Gasteiger partial charge in [-0.15, -0.1) is 0 Å². The Balaban J connectivity index is 1.40. The highest BCUT2D eigenvalue weighted by molar-refractivity contribution is 5.95. The van der Waals surface area contributed by atoms with E-state index in [0.29, 0.717) is 13.0 Å². The number of β-lactam (4-membered cyclic amide) rings is 1. The Morgan fingerprint density at radius 3 is 2.40 bits per heavy atom. The van der Waals surface area contributed by atoms with Gasteiger partial charge in [-0.1, -0.05) is 85.6 Å². The Hall–Kier alpha value is -3.14. The minimum absolute atomic E-state index is 0.0000976. The Labute approximate surface area is 176 Å². The second-order valence-electron chi connectivity index (χ2n) is 8.45. The van der Waals surface area contributed by atoms with Crippen LogP contribution in [0.25, 0.3) is 10.8 Å². The highest BCUT2D eigenvalue weighted by Gasteiger charge is 2.55. The molecule has 0 bridgehead atoms. The highest BCUT2D eigenvalue weighted by atomic mass is 16.2. The van der Waals surface area contributed by atoms with Gasteiger partial charge in [-0.2, -0.15) is 0 Å². The lowest BCUT2D eigenvalue weighted by atomic mass is 9.83. The van der Waals surface area contributed by atoms with Crippen LogP contribution in [0.4, 0.5) is 0 Å². The van der Waals surface area contributed by atoms with Crippen molar-refractivity contribution in [1.82, 2.24) is 10.2 Å². The first kappa shape index (κ1) is 18.9. The summed E-state index contributed by atoms with van der Waals surface area (Å²) in [5, 5.41) is 5.51. The van der Waals surface area contributed by atoms with Gasteiger partial charge >= 0.3 is 0 Å². The van der Waals surface area contributed by atoms with Crippen LogP contribution in [-0.2, 0) is 16.1 Å². The van der Waals surface area contributed by atoms with E-state index in [0.717, 1.165) is 42.2 Å². The fourth-order valence-electron chi connectivity index (χ4n) is 5.22. The number of rotatable bonds is 5. The third kappa shape index (κ3) is 3.07.